The van der Waals surface area contributed by atoms with Gasteiger partial charge in [0, 0.05) is 28.8 Å². The minimum absolute atomic E-state index is 0.153. The molecule has 1 heterocycles. The molecule has 0 spiro atoms. The number of likely N-dealkylation sites (tertiary alicyclic amines) is 1. The van der Waals surface area contributed by atoms with Crippen LogP contribution in [0.5, 0.6) is 0 Å². The van der Waals surface area contributed by atoms with Crippen LogP contribution in [0.1, 0.15) is 16.8 Å². The van der Waals surface area contributed by atoms with E-state index in [1.54, 1.807) is 23.1 Å². The third kappa shape index (κ3) is 2.48. The molecule has 0 aromatic heterocycles. The summed E-state index contributed by atoms with van der Waals surface area (Å²) < 4.78 is 0.669. The van der Waals surface area contributed by atoms with Crippen molar-refractivity contribution in [1.29, 1.82) is 0 Å². The molecule has 96 valence electrons. The molecule has 0 aliphatic carbocycles. The van der Waals surface area contributed by atoms with Gasteiger partial charge in [-0.25, -0.2) is 0 Å². The van der Waals surface area contributed by atoms with Crippen molar-refractivity contribution in [2.75, 3.05) is 18.8 Å². The predicted octanol–water partition coefficient (Wildman–Crippen LogP) is 1.58. The number of hydrogen-bond acceptors (Lipinski definition) is 3. The van der Waals surface area contributed by atoms with E-state index in [4.69, 9.17) is 10.8 Å². The van der Waals surface area contributed by atoms with E-state index in [1.807, 2.05) is 0 Å². The second-order valence-corrected chi connectivity index (χ2v) is 5.17. The van der Waals surface area contributed by atoms with Crippen molar-refractivity contribution < 1.29 is 14.7 Å². The van der Waals surface area contributed by atoms with Crippen LogP contribution in [0.4, 0.5) is 5.69 Å². The molecular weight excluding hydrogens is 300 g/mol. The van der Waals surface area contributed by atoms with Gasteiger partial charge >= 0.3 is 5.97 Å². The molecule has 1 saturated heterocycles. The largest absolute Gasteiger partial charge is 0.481 e. The fourth-order valence-corrected chi connectivity index (χ4v) is 2.37. The Morgan fingerprint density at radius 1 is 1.44 bits per heavy atom. The third-order valence-electron chi connectivity index (χ3n) is 3.07. The first-order chi connectivity index (χ1) is 8.49. The molecular formula is C12H13BrN2O3. The lowest BCUT2D eigenvalue weighted by Crippen LogP contribution is -2.29. The van der Waals surface area contributed by atoms with Gasteiger partial charge in [-0.15, -0.1) is 0 Å². The zero-order chi connectivity index (χ0) is 13.3. The first kappa shape index (κ1) is 12.9. The van der Waals surface area contributed by atoms with Crippen molar-refractivity contribution in [3.8, 4) is 0 Å². The second-order valence-electron chi connectivity index (χ2n) is 4.31. The molecule has 5 nitrogen and oxygen atoms in total. The van der Waals surface area contributed by atoms with Crippen LogP contribution in [0.15, 0.2) is 22.7 Å². The minimum atomic E-state index is -0.844. The number of benzene rings is 1. The molecule has 6 heteroatoms. The molecule has 1 atom stereocenters. The van der Waals surface area contributed by atoms with Crippen LogP contribution < -0.4 is 5.73 Å². The molecule has 1 aliphatic rings. The van der Waals surface area contributed by atoms with E-state index in [0.717, 1.165) is 0 Å². The highest BCUT2D eigenvalue weighted by molar-refractivity contribution is 9.10. The number of nitrogens with zero attached hydrogens (tertiary/aromatic N) is 1. The number of nitrogens with two attached hydrogens (primary N) is 1. The smallest absolute Gasteiger partial charge is 0.308 e. The molecule has 0 bridgehead atoms. The summed E-state index contributed by atoms with van der Waals surface area (Å²) in [5, 5.41) is 8.90. The summed E-state index contributed by atoms with van der Waals surface area (Å²) >= 11 is 3.27. The van der Waals surface area contributed by atoms with Gasteiger partial charge in [0.15, 0.2) is 0 Å². The van der Waals surface area contributed by atoms with Crippen molar-refractivity contribution >= 4 is 33.5 Å². The molecule has 18 heavy (non-hydrogen) atoms. The number of carboxylic acids is 1. The lowest BCUT2D eigenvalue weighted by Gasteiger charge is -2.16. The Labute approximate surface area is 113 Å². The molecule has 1 aromatic rings. The molecule has 1 unspecified atom stereocenters. The molecule has 2 rings (SSSR count). The summed E-state index contributed by atoms with van der Waals surface area (Å²) in [5.41, 5.74) is 6.74. The molecule has 1 aliphatic heterocycles. The van der Waals surface area contributed by atoms with Crippen LogP contribution in [0.3, 0.4) is 0 Å². The average Bonchev–Trinajstić information content (AvgIpc) is 2.81. The first-order valence-electron chi connectivity index (χ1n) is 5.56. The van der Waals surface area contributed by atoms with Gasteiger partial charge in [0.05, 0.1) is 5.92 Å². The number of nitrogen functional groups attached to an aromatic ring is 1. The van der Waals surface area contributed by atoms with Crippen molar-refractivity contribution in [3.05, 3.63) is 28.2 Å². The molecule has 0 saturated carbocycles. The van der Waals surface area contributed by atoms with Crippen LogP contribution in [0.2, 0.25) is 0 Å². The van der Waals surface area contributed by atoms with Gasteiger partial charge in [0.25, 0.3) is 5.91 Å². The number of carbonyl (C=O) groups excluding carboxylic acids is 1. The second kappa shape index (κ2) is 4.97. The summed E-state index contributed by atoms with van der Waals surface area (Å²) in [6.45, 7) is 0.758. The van der Waals surface area contributed by atoms with Crippen LogP contribution in [-0.4, -0.2) is 35.0 Å². The number of hydrogen-bond donors (Lipinski definition) is 2. The summed E-state index contributed by atoms with van der Waals surface area (Å²) in [5.74, 6) is -1.45. The molecule has 1 aromatic carbocycles. The van der Waals surface area contributed by atoms with E-state index in [2.05, 4.69) is 15.9 Å². The van der Waals surface area contributed by atoms with Gasteiger partial charge in [-0.3, -0.25) is 9.59 Å². The number of rotatable bonds is 2. The lowest BCUT2D eigenvalue weighted by molar-refractivity contribution is -0.141. The normalized spacial score (nSPS) is 18.9. The fraction of sp³-hybridized carbons (Fsp3) is 0.333. The molecule has 1 amide bonds. The maximum Gasteiger partial charge on any atom is 0.308 e. The fourth-order valence-electron chi connectivity index (χ4n) is 1.99. The van der Waals surface area contributed by atoms with E-state index in [1.165, 1.54) is 0 Å². The Kier molecular flexibility index (Phi) is 3.56. The van der Waals surface area contributed by atoms with Crippen molar-refractivity contribution in [2.24, 2.45) is 5.92 Å². The van der Waals surface area contributed by atoms with E-state index in [-0.39, 0.29) is 12.5 Å². The van der Waals surface area contributed by atoms with E-state index in [0.29, 0.717) is 28.7 Å². The third-order valence-corrected chi connectivity index (χ3v) is 3.76. The number of aliphatic carboxylic acids is 1. The molecule has 1 fully saturated rings. The van der Waals surface area contributed by atoms with Crippen LogP contribution in [0, 0.1) is 5.92 Å². The number of halogens is 1. The first-order valence-corrected chi connectivity index (χ1v) is 6.35. The van der Waals surface area contributed by atoms with Crippen LogP contribution >= 0.6 is 15.9 Å². The number of anilines is 1. The zero-order valence-corrected chi connectivity index (χ0v) is 11.2. The maximum absolute atomic E-state index is 12.1. The Bertz CT molecular complexity index is 504. The number of carbonyl (C=O) groups is 2. The standard InChI is InChI=1S/C12H13BrN2O3/c13-9-5-7(1-2-10(9)14)11(16)15-4-3-8(6-15)12(17)18/h1-2,5,8H,3-4,6,14H2,(H,17,18). The van der Waals surface area contributed by atoms with Gasteiger partial charge in [-0.05, 0) is 40.5 Å². The van der Waals surface area contributed by atoms with Gasteiger partial charge in [0.1, 0.15) is 0 Å². The highest BCUT2D eigenvalue weighted by atomic mass is 79.9. The Hall–Kier alpha value is -1.56. The molecule has 0 radical (unpaired) electrons. The van der Waals surface area contributed by atoms with E-state index >= 15 is 0 Å². The van der Waals surface area contributed by atoms with Crippen molar-refractivity contribution in [3.63, 3.8) is 0 Å². The minimum Gasteiger partial charge on any atom is -0.481 e. The van der Waals surface area contributed by atoms with Gasteiger partial charge in [-0.2, -0.15) is 0 Å². The van der Waals surface area contributed by atoms with E-state index in [9.17, 15) is 9.59 Å². The summed E-state index contributed by atoms with van der Waals surface area (Å²) in [6.07, 6.45) is 0.511. The lowest BCUT2D eigenvalue weighted by atomic mass is 10.1. The topological polar surface area (TPSA) is 83.6 Å². The number of carboxylic acid groups (broad SMARTS) is 1. The summed E-state index contributed by atoms with van der Waals surface area (Å²) in [7, 11) is 0. The highest BCUT2D eigenvalue weighted by Crippen LogP contribution is 2.23. The van der Waals surface area contributed by atoms with Gasteiger partial charge in [0.2, 0.25) is 0 Å². The quantitative estimate of drug-likeness (QED) is 0.812. The van der Waals surface area contributed by atoms with Crippen molar-refractivity contribution in [2.45, 2.75) is 6.42 Å². The highest BCUT2D eigenvalue weighted by Gasteiger charge is 2.31. The summed E-state index contributed by atoms with van der Waals surface area (Å²) in [4.78, 5) is 24.6. The van der Waals surface area contributed by atoms with Crippen molar-refractivity contribution in [1.82, 2.24) is 4.90 Å². The Morgan fingerprint density at radius 2 is 2.17 bits per heavy atom. The Morgan fingerprint density at radius 3 is 2.72 bits per heavy atom. The SMILES string of the molecule is Nc1ccc(C(=O)N2CCC(C(=O)O)C2)cc1Br. The van der Waals surface area contributed by atoms with Gasteiger partial charge in [-0.1, -0.05) is 0 Å². The van der Waals surface area contributed by atoms with Gasteiger partial charge < -0.3 is 15.7 Å². The van der Waals surface area contributed by atoms with Crippen LogP contribution in [0.25, 0.3) is 0 Å². The van der Waals surface area contributed by atoms with Crippen LogP contribution in [-0.2, 0) is 4.79 Å². The van der Waals surface area contributed by atoms with E-state index < -0.39 is 11.9 Å². The Balaban J connectivity index is 2.12. The zero-order valence-electron chi connectivity index (χ0n) is 9.60. The predicted molar refractivity (Wildman–Crippen MR) is 70.2 cm³/mol. The summed E-state index contributed by atoms with van der Waals surface area (Å²) in [6, 6.07) is 4.96. The maximum atomic E-state index is 12.1. The molecule has 3 N–H and O–H groups in total. The monoisotopic (exact) mass is 312 g/mol. The average molecular weight is 313 g/mol. The number of amides is 1.